The van der Waals surface area contributed by atoms with Crippen LogP contribution < -0.4 is 15.5 Å². The number of aryl methyl sites for hydroxylation is 1. The van der Waals surface area contributed by atoms with E-state index in [1.54, 1.807) is 31.5 Å². The SMILES string of the molecule is COc1ccc2[nH]cc(C(=O)N[C@@H](c3nccn3C)C3CC3)c(=O)c2c1. The minimum atomic E-state index is -0.393. The van der Waals surface area contributed by atoms with Gasteiger partial charge in [0.05, 0.1) is 13.2 Å². The summed E-state index contributed by atoms with van der Waals surface area (Å²) in [5, 5.41) is 3.43. The van der Waals surface area contributed by atoms with Crippen LogP contribution in [-0.2, 0) is 7.05 Å². The summed E-state index contributed by atoms with van der Waals surface area (Å²) < 4.78 is 7.08. The molecule has 0 saturated heterocycles. The van der Waals surface area contributed by atoms with E-state index < -0.39 is 5.91 Å². The van der Waals surface area contributed by atoms with Crippen molar-refractivity contribution in [1.29, 1.82) is 0 Å². The number of fused-ring (bicyclic) bond motifs is 1. The molecule has 1 amide bonds. The molecule has 1 aliphatic rings. The Balaban J connectivity index is 1.68. The minimum absolute atomic E-state index is 0.0885. The van der Waals surface area contributed by atoms with Crippen LogP contribution >= 0.6 is 0 Å². The Bertz CT molecular complexity index is 1030. The molecule has 4 rings (SSSR count). The van der Waals surface area contributed by atoms with Crippen molar-refractivity contribution < 1.29 is 9.53 Å². The number of rotatable bonds is 5. The average molecular weight is 352 g/mol. The van der Waals surface area contributed by atoms with Crippen LogP contribution in [-0.4, -0.2) is 27.6 Å². The van der Waals surface area contributed by atoms with Gasteiger partial charge in [0.1, 0.15) is 17.1 Å². The van der Waals surface area contributed by atoms with Crippen molar-refractivity contribution in [3.8, 4) is 5.75 Å². The molecular weight excluding hydrogens is 332 g/mol. The number of amides is 1. The molecule has 1 fully saturated rings. The first-order valence-corrected chi connectivity index (χ1v) is 8.56. The van der Waals surface area contributed by atoms with Gasteiger partial charge in [0.2, 0.25) is 5.43 Å². The van der Waals surface area contributed by atoms with E-state index in [9.17, 15) is 9.59 Å². The van der Waals surface area contributed by atoms with E-state index in [4.69, 9.17) is 4.74 Å². The lowest BCUT2D eigenvalue weighted by Gasteiger charge is -2.18. The normalized spacial score (nSPS) is 15.0. The van der Waals surface area contributed by atoms with Crippen molar-refractivity contribution in [3.05, 3.63) is 58.4 Å². The third-order valence-electron chi connectivity index (χ3n) is 4.85. The summed E-state index contributed by atoms with van der Waals surface area (Å²) in [6.45, 7) is 0. The lowest BCUT2D eigenvalue weighted by molar-refractivity contribution is 0.0927. The number of nitrogens with zero attached hydrogens (tertiary/aromatic N) is 2. The van der Waals surface area contributed by atoms with Gasteiger partial charge < -0.3 is 19.6 Å². The van der Waals surface area contributed by atoms with Crippen LogP contribution in [0.1, 0.15) is 35.1 Å². The van der Waals surface area contributed by atoms with Gasteiger partial charge in [-0.2, -0.15) is 0 Å². The fourth-order valence-electron chi connectivity index (χ4n) is 3.21. The summed E-state index contributed by atoms with van der Waals surface area (Å²) in [5.74, 6) is 1.35. The third kappa shape index (κ3) is 2.85. The second kappa shape index (κ2) is 6.33. The fraction of sp³-hybridized carbons (Fsp3) is 0.316. The van der Waals surface area contributed by atoms with E-state index in [1.807, 2.05) is 17.8 Å². The van der Waals surface area contributed by atoms with E-state index in [0.717, 1.165) is 18.7 Å². The quantitative estimate of drug-likeness (QED) is 0.736. The smallest absolute Gasteiger partial charge is 0.257 e. The van der Waals surface area contributed by atoms with Crippen LogP contribution in [0.5, 0.6) is 5.75 Å². The van der Waals surface area contributed by atoms with Crippen molar-refractivity contribution in [2.45, 2.75) is 18.9 Å². The van der Waals surface area contributed by atoms with E-state index in [0.29, 0.717) is 22.6 Å². The topological polar surface area (TPSA) is 89.0 Å². The van der Waals surface area contributed by atoms with Crippen molar-refractivity contribution in [1.82, 2.24) is 19.9 Å². The Kier molecular flexibility index (Phi) is 3.99. The molecule has 2 aromatic heterocycles. The largest absolute Gasteiger partial charge is 0.497 e. The van der Waals surface area contributed by atoms with E-state index in [-0.39, 0.29) is 17.0 Å². The molecule has 1 aromatic carbocycles. The number of hydrogen-bond donors (Lipinski definition) is 2. The van der Waals surface area contributed by atoms with Gasteiger partial charge in [-0.3, -0.25) is 9.59 Å². The lowest BCUT2D eigenvalue weighted by Crippen LogP contribution is -2.34. The Morgan fingerprint density at radius 2 is 2.23 bits per heavy atom. The molecule has 7 heteroatoms. The Morgan fingerprint density at radius 3 is 2.88 bits per heavy atom. The Hall–Kier alpha value is -3.09. The van der Waals surface area contributed by atoms with Crippen LogP contribution in [0.2, 0.25) is 0 Å². The summed E-state index contributed by atoms with van der Waals surface area (Å²) in [6, 6.07) is 4.98. The molecule has 134 valence electrons. The molecule has 1 aliphatic carbocycles. The standard InChI is InChI=1S/C19H20N4O3/c1-23-8-7-20-18(23)16(11-3-4-11)22-19(25)14-10-21-15-6-5-12(26-2)9-13(15)17(14)24/h5-11,16H,3-4H2,1-2H3,(H,21,24)(H,22,25)/t16-/m1/s1. The predicted molar refractivity (Wildman–Crippen MR) is 97.3 cm³/mol. The van der Waals surface area contributed by atoms with Gasteiger partial charge in [0.15, 0.2) is 0 Å². The molecule has 3 aromatic rings. The molecule has 26 heavy (non-hydrogen) atoms. The summed E-state index contributed by atoms with van der Waals surface area (Å²) in [5.41, 5.74) is 0.436. The second-order valence-corrected chi connectivity index (χ2v) is 6.63. The maximum atomic E-state index is 12.8. The molecule has 0 spiro atoms. The number of ether oxygens (including phenoxy) is 1. The van der Waals surface area contributed by atoms with Crippen LogP contribution in [0.3, 0.4) is 0 Å². The summed E-state index contributed by atoms with van der Waals surface area (Å²) >= 11 is 0. The molecule has 0 unspecified atom stereocenters. The zero-order valence-electron chi connectivity index (χ0n) is 14.7. The Labute approximate surface area is 150 Å². The summed E-state index contributed by atoms with van der Waals surface area (Å²) in [4.78, 5) is 33.0. The summed E-state index contributed by atoms with van der Waals surface area (Å²) in [6.07, 6.45) is 7.12. The highest BCUT2D eigenvalue weighted by Crippen LogP contribution is 2.40. The number of nitrogens with one attached hydrogen (secondary N) is 2. The van der Waals surface area contributed by atoms with Gasteiger partial charge in [-0.25, -0.2) is 4.98 Å². The van der Waals surface area contributed by atoms with Gasteiger partial charge in [0, 0.05) is 36.5 Å². The van der Waals surface area contributed by atoms with Crippen molar-refractivity contribution in [3.63, 3.8) is 0 Å². The number of aromatic nitrogens is 3. The molecule has 0 radical (unpaired) electrons. The number of aromatic amines is 1. The maximum absolute atomic E-state index is 12.8. The number of carbonyl (C=O) groups excluding carboxylic acids is 1. The first-order valence-electron chi connectivity index (χ1n) is 8.56. The molecule has 0 aliphatic heterocycles. The number of hydrogen-bond acceptors (Lipinski definition) is 4. The fourth-order valence-corrected chi connectivity index (χ4v) is 3.21. The van der Waals surface area contributed by atoms with E-state index in [2.05, 4.69) is 15.3 Å². The van der Waals surface area contributed by atoms with Crippen LogP contribution in [0.4, 0.5) is 0 Å². The first kappa shape index (κ1) is 16.4. The molecule has 0 bridgehead atoms. The van der Waals surface area contributed by atoms with Crippen molar-refractivity contribution in [2.75, 3.05) is 7.11 Å². The number of methoxy groups -OCH3 is 1. The van der Waals surface area contributed by atoms with Gasteiger partial charge in [-0.15, -0.1) is 0 Å². The zero-order valence-corrected chi connectivity index (χ0v) is 14.7. The number of benzene rings is 1. The molecule has 1 atom stereocenters. The number of carbonyl (C=O) groups is 1. The van der Waals surface area contributed by atoms with Crippen LogP contribution in [0.25, 0.3) is 10.9 Å². The van der Waals surface area contributed by atoms with Gasteiger partial charge in [-0.05, 0) is 37.0 Å². The molecular formula is C19H20N4O3. The monoisotopic (exact) mass is 352 g/mol. The van der Waals surface area contributed by atoms with Crippen LogP contribution in [0, 0.1) is 5.92 Å². The van der Waals surface area contributed by atoms with E-state index in [1.165, 1.54) is 6.20 Å². The van der Waals surface area contributed by atoms with Crippen LogP contribution in [0.15, 0.2) is 41.6 Å². The van der Waals surface area contributed by atoms with Gasteiger partial charge in [-0.1, -0.05) is 0 Å². The van der Waals surface area contributed by atoms with Crippen molar-refractivity contribution in [2.24, 2.45) is 13.0 Å². The second-order valence-electron chi connectivity index (χ2n) is 6.63. The maximum Gasteiger partial charge on any atom is 0.257 e. The molecule has 2 heterocycles. The zero-order chi connectivity index (χ0) is 18.3. The van der Waals surface area contributed by atoms with Gasteiger partial charge >= 0.3 is 0 Å². The summed E-state index contributed by atoms with van der Waals surface area (Å²) in [7, 11) is 3.44. The Morgan fingerprint density at radius 1 is 1.42 bits per heavy atom. The first-order chi connectivity index (χ1) is 12.6. The number of pyridine rings is 1. The molecule has 2 N–H and O–H groups in total. The highest BCUT2D eigenvalue weighted by atomic mass is 16.5. The predicted octanol–water partition coefficient (Wildman–Crippen LogP) is 2.15. The highest BCUT2D eigenvalue weighted by Gasteiger charge is 2.36. The minimum Gasteiger partial charge on any atom is -0.497 e. The molecule has 1 saturated carbocycles. The van der Waals surface area contributed by atoms with E-state index >= 15 is 0 Å². The third-order valence-corrected chi connectivity index (χ3v) is 4.85. The van der Waals surface area contributed by atoms with Gasteiger partial charge in [0.25, 0.3) is 5.91 Å². The lowest BCUT2D eigenvalue weighted by atomic mass is 10.1. The molecule has 7 nitrogen and oxygen atoms in total. The number of imidazole rings is 1. The van der Waals surface area contributed by atoms with Crippen molar-refractivity contribution >= 4 is 16.8 Å². The number of H-pyrrole nitrogens is 1. The average Bonchev–Trinajstić information content (AvgIpc) is 3.41. The highest BCUT2D eigenvalue weighted by molar-refractivity contribution is 5.97.